The SMILES string of the molecule is CCCNc1nc(C)nc(Cc2nccn2CCC)c1C. The molecule has 0 aliphatic rings. The lowest BCUT2D eigenvalue weighted by atomic mass is 10.1. The molecular formula is C16H25N5. The molecule has 0 radical (unpaired) electrons. The van der Waals surface area contributed by atoms with E-state index in [4.69, 9.17) is 0 Å². The quantitative estimate of drug-likeness (QED) is 0.850. The van der Waals surface area contributed by atoms with Crippen molar-refractivity contribution >= 4 is 5.82 Å². The molecule has 0 saturated carbocycles. The van der Waals surface area contributed by atoms with Crippen molar-refractivity contribution in [2.75, 3.05) is 11.9 Å². The van der Waals surface area contributed by atoms with E-state index in [1.54, 1.807) is 0 Å². The van der Waals surface area contributed by atoms with Crippen molar-refractivity contribution in [3.63, 3.8) is 0 Å². The molecule has 0 bridgehead atoms. The first-order chi connectivity index (χ1) is 10.2. The van der Waals surface area contributed by atoms with Crippen LogP contribution in [0.4, 0.5) is 5.82 Å². The largest absolute Gasteiger partial charge is 0.370 e. The third-order valence-electron chi connectivity index (χ3n) is 3.49. The van der Waals surface area contributed by atoms with E-state index in [-0.39, 0.29) is 0 Å². The molecule has 0 saturated heterocycles. The van der Waals surface area contributed by atoms with Gasteiger partial charge in [0.25, 0.3) is 0 Å². The van der Waals surface area contributed by atoms with Gasteiger partial charge in [-0.2, -0.15) is 0 Å². The summed E-state index contributed by atoms with van der Waals surface area (Å²) < 4.78 is 2.20. The lowest BCUT2D eigenvalue weighted by molar-refractivity contribution is 0.643. The third-order valence-corrected chi connectivity index (χ3v) is 3.49. The van der Waals surface area contributed by atoms with Crippen LogP contribution in [0.1, 0.15) is 49.6 Å². The number of aryl methyl sites for hydroxylation is 2. The number of rotatable bonds is 7. The fraction of sp³-hybridized carbons (Fsp3) is 0.562. The Bertz CT molecular complexity index is 588. The molecule has 2 rings (SSSR count). The molecule has 0 aliphatic heterocycles. The molecule has 0 aliphatic carbocycles. The Balaban J connectivity index is 2.26. The van der Waals surface area contributed by atoms with Crippen LogP contribution < -0.4 is 5.32 Å². The zero-order valence-electron chi connectivity index (χ0n) is 13.5. The maximum Gasteiger partial charge on any atom is 0.132 e. The van der Waals surface area contributed by atoms with Crippen molar-refractivity contribution in [1.82, 2.24) is 19.5 Å². The Morgan fingerprint density at radius 2 is 1.95 bits per heavy atom. The lowest BCUT2D eigenvalue weighted by Crippen LogP contribution is -2.11. The summed E-state index contributed by atoms with van der Waals surface area (Å²) in [5.41, 5.74) is 2.18. The number of nitrogens with one attached hydrogen (secondary N) is 1. The Morgan fingerprint density at radius 3 is 2.67 bits per heavy atom. The molecule has 2 heterocycles. The summed E-state index contributed by atoms with van der Waals surface area (Å²) in [5, 5.41) is 3.38. The highest BCUT2D eigenvalue weighted by Crippen LogP contribution is 2.18. The molecule has 2 aromatic heterocycles. The van der Waals surface area contributed by atoms with Crippen LogP contribution in [0.5, 0.6) is 0 Å². The monoisotopic (exact) mass is 287 g/mol. The average Bonchev–Trinajstić information content (AvgIpc) is 2.88. The van der Waals surface area contributed by atoms with Crippen LogP contribution in [0.2, 0.25) is 0 Å². The maximum absolute atomic E-state index is 4.61. The average molecular weight is 287 g/mol. The van der Waals surface area contributed by atoms with Crippen LogP contribution in [0.15, 0.2) is 12.4 Å². The number of anilines is 1. The van der Waals surface area contributed by atoms with Gasteiger partial charge >= 0.3 is 0 Å². The minimum absolute atomic E-state index is 0.753. The summed E-state index contributed by atoms with van der Waals surface area (Å²) in [6.07, 6.45) is 6.85. The second-order valence-corrected chi connectivity index (χ2v) is 5.33. The van der Waals surface area contributed by atoms with Gasteiger partial charge in [0, 0.05) is 37.5 Å². The van der Waals surface area contributed by atoms with Crippen molar-refractivity contribution in [3.05, 3.63) is 35.3 Å². The van der Waals surface area contributed by atoms with Gasteiger partial charge < -0.3 is 9.88 Å². The van der Waals surface area contributed by atoms with Gasteiger partial charge in [0.15, 0.2) is 0 Å². The van der Waals surface area contributed by atoms with E-state index >= 15 is 0 Å². The van der Waals surface area contributed by atoms with Gasteiger partial charge in [0.05, 0.1) is 5.69 Å². The van der Waals surface area contributed by atoms with Crippen LogP contribution in [0.25, 0.3) is 0 Å². The van der Waals surface area contributed by atoms with E-state index < -0.39 is 0 Å². The highest BCUT2D eigenvalue weighted by Gasteiger charge is 2.12. The first-order valence-electron chi connectivity index (χ1n) is 7.73. The highest BCUT2D eigenvalue weighted by molar-refractivity contribution is 5.46. The molecule has 0 unspecified atom stereocenters. The van der Waals surface area contributed by atoms with Crippen molar-refractivity contribution < 1.29 is 0 Å². The number of hydrogen-bond donors (Lipinski definition) is 1. The number of aromatic nitrogens is 4. The van der Waals surface area contributed by atoms with Crippen LogP contribution in [-0.4, -0.2) is 26.1 Å². The maximum atomic E-state index is 4.61. The van der Waals surface area contributed by atoms with E-state index in [1.165, 1.54) is 0 Å². The van der Waals surface area contributed by atoms with Crippen LogP contribution in [-0.2, 0) is 13.0 Å². The highest BCUT2D eigenvalue weighted by atomic mass is 15.1. The van der Waals surface area contributed by atoms with Crippen molar-refractivity contribution in [2.24, 2.45) is 0 Å². The molecule has 0 spiro atoms. The normalized spacial score (nSPS) is 10.9. The summed E-state index contributed by atoms with van der Waals surface area (Å²) in [4.78, 5) is 13.6. The zero-order chi connectivity index (χ0) is 15.2. The van der Waals surface area contributed by atoms with Crippen molar-refractivity contribution in [1.29, 1.82) is 0 Å². The van der Waals surface area contributed by atoms with Gasteiger partial charge in [0.1, 0.15) is 17.5 Å². The molecule has 21 heavy (non-hydrogen) atoms. The van der Waals surface area contributed by atoms with E-state index in [9.17, 15) is 0 Å². The molecule has 1 N–H and O–H groups in total. The fourth-order valence-electron chi connectivity index (χ4n) is 2.38. The molecule has 5 nitrogen and oxygen atoms in total. The number of nitrogens with zero attached hydrogens (tertiary/aromatic N) is 4. The molecule has 0 atom stereocenters. The van der Waals surface area contributed by atoms with E-state index in [0.29, 0.717) is 0 Å². The molecule has 114 valence electrons. The van der Waals surface area contributed by atoms with Crippen LogP contribution >= 0.6 is 0 Å². The van der Waals surface area contributed by atoms with E-state index in [2.05, 4.69) is 45.6 Å². The molecule has 5 heteroatoms. The van der Waals surface area contributed by atoms with Gasteiger partial charge in [0.2, 0.25) is 0 Å². The Hall–Kier alpha value is -1.91. The zero-order valence-corrected chi connectivity index (χ0v) is 13.5. The summed E-state index contributed by atoms with van der Waals surface area (Å²) in [7, 11) is 0. The second kappa shape index (κ2) is 7.20. The summed E-state index contributed by atoms with van der Waals surface area (Å²) >= 11 is 0. The molecule has 0 fully saturated rings. The van der Waals surface area contributed by atoms with Gasteiger partial charge in [-0.1, -0.05) is 13.8 Å². The van der Waals surface area contributed by atoms with E-state index in [1.807, 2.05) is 19.3 Å². The van der Waals surface area contributed by atoms with Crippen LogP contribution in [0.3, 0.4) is 0 Å². The Morgan fingerprint density at radius 1 is 1.14 bits per heavy atom. The first kappa shape index (κ1) is 15.5. The summed E-state index contributed by atoms with van der Waals surface area (Å²) in [6.45, 7) is 10.3. The smallest absolute Gasteiger partial charge is 0.132 e. The second-order valence-electron chi connectivity index (χ2n) is 5.33. The fourth-order valence-corrected chi connectivity index (χ4v) is 2.38. The predicted molar refractivity (Wildman–Crippen MR) is 85.6 cm³/mol. The summed E-state index contributed by atoms with van der Waals surface area (Å²) in [6, 6.07) is 0. The Labute approximate surface area is 126 Å². The van der Waals surface area contributed by atoms with Crippen molar-refractivity contribution in [2.45, 2.75) is 53.5 Å². The van der Waals surface area contributed by atoms with Gasteiger partial charge in [-0.05, 0) is 26.7 Å². The van der Waals surface area contributed by atoms with Gasteiger partial charge in [-0.25, -0.2) is 15.0 Å². The molecule has 2 aromatic rings. The van der Waals surface area contributed by atoms with Crippen LogP contribution in [0, 0.1) is 13.8 Å². The molecule has 0 amide bonds. The topological polar surface area (TPSA) is 55.6 Å². The standard InChI is InChI=1S/C16H25N5/c1-5-7-18-16-12(3)14(19-13(4)20-16)11-15-17-8-10-21(15)9-6-2/h8,10H,5-7,9,11H2,1-4H3,(H,18,19,20). The number of hydrogen-bond acceptors (Lipinski definition) is 4. The summed E-state index contributed by atoms with van der Waals surface area (Å²) in [5.74, 6) is 2.83. The third kappa shape index (κ3) is 3.80. The Kier molecular flexibility index (Phi) is 5.31. The predicted octanol–water partition coefficient (Wildman–Crippen LogP) is 3.11. The molecular weight excluding hydrogens is 262 g/mol. The van der Waals surface area contributed by atoms with E-state index in [0.717, 1.165) is 61.1 Å². The van der Waals surface area contributed by atoms with Gasteiger partial charge in [-0.3, -0.25) is 0 Å². The number of imidazole rings is 1. The first-order valence-corrected chi connectivity index (χ1v) is 7.73. The minimum atomic E-state index is 0.753. The minimum Gasteiger partial charge on any atom is -0.370 e. The van der Waals surface area contributed by atoms with Gasteiger partial charge in [-0.15, -0.1) is 0 Å². The molecule has 0 aromatic carbocycles. The van der Waals surface area contributed by atoms with Crippen molar-refractivity contribution in [3.8, 4) is 0 Å². The lowest BCUT2D eigenvalue weighted by Gasteiger charge is -2.13.